The summed E-state index contributed by atoms with van der Waals surface area (Å²) in [5.74, 6) is -0.392. The highest BCUT2D eigenvalue weighted by molar-refractivity contribution is 6.30. The van der Waals surface area contributed by atoms with Crippen molar-refractivity contribution < 1.29 is 9.50 Å². The molecule has 90 valence electrons. The molecule has 0 radical (unpaired) electrons. The lowest BCUT2D eigenvalue weighted by atomic mass is 10.2. The van der Waals surface area contributed by atoms with Crippen LogP contribution in [0.2, 0.25) is 5.02 Å². The minimum absolute atomic E-state index is 0.154. The molecule has 0 amide bonds. The Morgan fingerprint density at radius 2 is 2.19 bits per heavy atom. The van der Waals surface area contributed by atoms with Crippen LogP contribution in [0.4, 0.5) is 4.39 Å². The Hall–Kier alpha value is -0.640. The molecule has 4 heteroatoms. The van der Waals surface area contributed by atoms with Gasteiger partial charge < -0.3 is 10.0 Å². The van der Waals surface area contributed by atoms with Gasteiger partial charge in [-0.05, 0) is 38.1 Å². The molecule has 1 rings (SSSR count). The third kappa shape index (κ3) is 4.47. The van der Waals surface area contributed by atoms with Gasteiger partial charge in [0.15, 0.2) is 0 Å². The monoisotopic (exact) mass is 245 g/mol. The fourth-order valence-electron chi connectivity index (χ4n) is 1.44. The van der Waals surface area contributed by atoms with Crippen LogP contribution < -0.4 is 0 Å². The van der Waals surface area contributed by atoms with Gasteiger partial charge in [-0.15, -0.1) is 0 Å². The topological polar surface area (TPSA) is 23.5 Å². The molecule has 0 saturated carbocycles. The minimum atomic E-state index is -0.392. The number of hydrogen-bond donors (Lipinski definition) is 1. The second-order valence-electron chi connectivity index (χ2n) is 4.12. The third-order valence-corrected chi connectivity index (χ3v) is 2.65. The van der Waals surface area contributed by atoms with Crippen LogP contribution in [-0.4, -0.2) is 29.7 Å². The van der Waals surface area contributed by atoms with Gasteiger partial charge in [0.25, 0.3) is 0 Å². The summed E-state index contributed by atoms with van der Waals surface area (Å²) in [5, 5.41) is 9.30. The minimum Gasteiger partial charge on any atom is -0.393 e. The molecule has 1 unspecified atom stereocenters. The summed E-state index contributed by atoms with van der Waals surface area (Å²) in [7, 11) is 1.96. The number of nitrogens with zero attached hydrogens (tertiary/aromatic N) is 1. The van der Waals surface area contributed by atoms with E-state index in [0.717, 1.165) is 18.5 Å². The molecule has 0 spiro atoms. The molecule has 0 aliphatic carbocycles. The first kappa shape index (κ1) is 13.4. The van der Waals surface area contributed by atoms with Gasteiger partial charge in [0, 0.05) is 13.1 Å². The van der Waals surface area contributed by atoms with Gasteiger partial charge in [0.2, 0.25) is 0 Å². The summed E-state index contributed by atoms with van der Waals surface area (Å²) in [5.41, 5.74) is 0.972. The molecule has 1 atom stereocenters. The Morgan fingerprint density at radius 1 is 1.50 bits per heavy atom. The Kier molecular flexibility index (Phi) is 5.19. The zero-order valence-electron chi connectivity index (χ0n) is 9.58. The molecule has 16 heavy (non-hydrogen) atoms. The lowest BCUT2D eigenvalue weighted by molar-refractivity contribution is 0.163. The Balaban J connectivity index is 2.49. The van der Waals surface area contributed by atoms with Crippen LogP contribution in [0.5, 0.6) is 0 Å². The van der Waals surface area contributed by atoms with E-state index >= 15 is 0 Å². The maximum atomic E-state index is 12.9. The SMILES string of the molecule is CC(O)CCN(C)Cc1ccc(F)c(Cl)c1. The smallest absolute Gasteiger partial charge is 0.141 e. The number of aliphatic hydroxyl groups excluding tert-OH is 1. The zero-order valence-corrected chi connectivity index (χ0v) is 10.3. The first-order chi connectivity index (χ1) is 7.49. The van der Waals surface area contributed by atoms with Crippen LogP contribution in [-0.2, 0) is 6.54 Å². The van der Waals surface area contributed by atoms with E-state index in [-0.39, 0.29) is 11.1 Å². The predicted octanol–water partition coefficient (Wildman–Crippen LogP) is 2.68. The average molecular weight is 246 g/mol. The molecule has 0 aliphatic rings. The van der Waals surface area contributed by atoms with E-state index < -0.39 is 5.82 Å². The quantitative estimate of drug-likeness (QED) is 0.862. The standard InChI is InChI=1S/C12H17ClFNO/c1-9(16)5-6-15(2)8-10-3-4-12(14)11(13)7-10/h3-4,7,9,16H,5-6,8H2,1-2H3. The first-order valence-corrected chi connectivity index (χ1v) is 5.67. The van der Waals surface area contributed by atoms with Crippen LogP contribution in [0.25, 0.3) is 0 Å². The van der Waals surface area contributed by atoms with Gasteiger partial charge in [-0.3, -0.25) is 0 Å². The summed E-state index contributed by atoms with van der Waals surface area (Å²) in [6, 6.07) is 4.73. The second-order valence-corrected chi connectivity index (χ2v) is 4.53. The van der Waals surface area contributed by atoms with Crippen LogP contribution in [0.15, 0.2) is 18.2 Å². The zero-order chi connectivity index (χ0) is 12.1. The van der Waals surface area contributed by atoms with Crippen molar-refractivity contribution in [3.63, 3.8) is 0 Å². The van der Waals surface area contributed by atoms with Gasteiger partial charge in [0.1, 0.15) is 5.82 Å². The van der Waals surface area contributed by atoms with Crippen molar-refractivity contribution in [2.75, 3.05) is 13.6 Å². The fourth-order valence-corrected chi connectivity index (χ4v) is 1.64. The molecule has 0 aromatic heterocycles. The summed E-state index contributed by atoms with van der Waals surface area (Å²) in [6.07, 6.45) is 0.435. The molecule has 0 heterocycles. The summed E-state index contributed by atoms with van der Waals surface area (Å²) >= 11 is 5.69. The van der Waals surface area contributed by atoms with Crippen molar-refractivity contribution in [3.05, 3.63) is 34.6 Å². The number of aliphatic hydroxyl groups is 1. The molecule has 0 fully saturated rings. The van der Waals surface area contributed by atoms with E-state index in [1.807, 2.05) is 7.05 Å². The molecule has 1 N–H and O–H groups in total. The molecule has 1 aromatic carbocycles. The number of halogens is 2. The Labute approximate surface area is 101 Å². The Morgan fingerprint density at radius 3 is 2.75 bits per heavy atom. The lowest BCUT2D eigenvalue weighted by Gasteiger charge is -2.17. The van der Waals surface area contributed by atoms with Crippen LogP contribution in [0.1, 0.15) is 18.9 Å². The predicted molar refractivity (Wildman–Crippen MR) is 64.0 cm³/mol. The van der Waals surface area contributed by atoms with Crippen molar-refractivity contribution in [1.29, 1.82) is 0 Å². The molecular weight excluding hydrogens is 229 g/mol. The number of benzene rings is 1. The molecule has 0 aliphatic heterocycles. The molecule has 2 nitrogen and oxygen atoms in total. The van der Waals surface area contributed by atoms with Crippen LogP contribution in [0, 0.1) is 5.82 Å². The summed E-state index contributed by atoms with van der Waals surface area (Å²) in [4.78, 5) is 2.07. The van der Waals surface area contributed by atoms with Crippen molar-refractivity contribution in [2.45, 2.75) is 26.0 Å². The maximum absolute atomic E-state index is 12.9. The average Bonchev–Trinajstić information content (AvgIpc) is 2.21. The maximum Gasteiger partial charge on any atom is 0.141 e. The van der Waals surface area contributed by atoms with Crippen molar-refractivity contribution >= 4 is 11.6 Å². The largest absolute Gasteiger partial charge is 0.393 e. The Bertz CT molecular complexity index is 344. The number of hydrogen-bond acceptors (Lipinski definition) is 2. The van der Waals surface area contributed by atoms with E-state index in [4.69, 9.17) is 16.7 Å². The highest BCUT2D eigenvalue weighted by Crippen LogP contribution is 2.16. The van der Waals surface area contributed by atoms with Gasteiger partial charge in [0.05, 0.1) is 11.1 Å². The van der Waals surface area contributed by atoms with E-state index in [9.17, 15) is 4.39 Å². The summed E-state index contributed by atoms with van der Waals surface area (Å²) < 4.78 is 12.9. The van der Waals surface area contributed by atoms with Crippen LogP contribution in [0.3, 0.4) is 0 Å². The van der Waals surface area contributed by atoms with E-state index in [0.29, 0.717) is 6.54 Å². The highest BCUT2D eigenvalue weighted by Gasteiger charge is 2.05. The van der Waals surface area contributed by atoms with Crippen molar-refractivity contribution in [3.8, 4) is 0 Å². The molecule has 0 saturated heterocycles. The van der Waals surface area contributed by atoms with Gasteiger partial charge in [-0.25, -0.2) is 4.39 Å². The van der Waals surface area contributed by atoms with Crippen molar-refractivity contribution in [2.24, 2.45) is 0 Å². The van der Waals surface area contributed by atoms with Crippen LogP contribution >= 0.6 is 11.6 Å². The van der Waals surface area contributed by atoms with E-state index in [1.54, 1.807) is 19.1 Å². The van der Waals surface area contributed by atoms with Gasteiger partial charge >= 0.3 is 0 Å². The van der Waals surface area contributed by atoms with E-state index in [1.165, 1.54) is 6.07 Å². The normalized spacial score (nSPS) is 13.1. The lowest BCUT2D eigenvalue weighted by Crippen LogP contribution is -2.22. The highest BCUT2D eigenvalue weighted by atomic mass is 35.5. The molecular formula is C12H17ClFNO. The molecule has 1 aromatic rings. The summed E-state index contributed by atoms with van der Waals surface area (Å²) in [6.45, 7) is 3.27. The third-order valence-electron chi connectivity index (χ3n) is 2.37. The first-order valence-electron chi connectivity index (χ1n) is 5.29. The van der Waals surface area contributed by atoms with E-state index in [2.05, 4.69) is 4.90 Å². The molecule has 0 bridgehead atoms. The fraction of sp³-hybridized carbons (Fsp3) is 0.500. The number of rotatable bonds is 5. The second kappa shape index (κ2) is 6.18. The van der Waals surface area contributed by atoms with Crippen molar-refractivity contribution in [1.82, 2.24) is 4.90 Å². The van der Waals surface area contributed by atoms with Gasteiger partial charge in [-0.1, -0.05) is 17.7 Å². The van der Waals surface area contributed by atoms with Gasteiger partial charge in [-0.2, -0.15) is 0 Å².